The number of nitrogens with zero attached hydrogens (tertiary/aromatic N) is 2. The summed E-state index contributed by atoms with van der Waals surface area (Å²) in [5.41, 5.74) is 6.17. The van der Waals surface area contributed by atoms with Crippen molar-refractivity contribution in [3.63, 3.8) is 0 Å². The highest BCUT2D eigenvalue weighted by Crippen LogP contribution is 2.25. The number of thiophene rings is 1. The zero-order valence-corrected chi connectivity index (χ0v) is 12.2. The summed E-state index contributed by atoms with van der Waals surface area (Å²) in [6.07, 6.45) is 1.55. The molecule has 18 heavy (non-hydrogen) atoms. The Morgan fingerprint density at radius 2 is 2.22 bits per heavy atom. The average molecular weight is 326 g/mol. The predicted molar refractivity (Wildman–Crippen MR) is 78.0 cm³/mol. The van der Waals surface area contributed by atoms with Gasteiger partial charge in [-0.2, -0.15) is 0 Å². The molecular weight excluding hydrogens is 314 g/mol. The molecule has 0 aromatic carbocycles. The lowest BCUT2D eigenvalue weighted by atomic mass is 10.3. The first kappa shape index (κ1) is 13.0. The molecule has 4 nitrogen and oxygen atoms in total. The molecule has 2 rings (SSSR count). The van der Waals surface area contributed by atoms with Gasteiger partial charge < -0.3 is 5.73 Å². The predicted octanol–water partition coefficient (Wildman–Crippen LogP) is 3.15. The van der Waals surface area contributed by atoms with Gasteiger partial charge in [-0.15, -0.1) is 11.3 Å². The smallest absolute Gasteiger partial charge is 0.269 e. The normalized spacial score (nSPS) is 10.3. The summed E-state index contributed by atoms with van der Waals surface area (Å²) in [6.45, 7) is 2.48. The number of aromatic nitrogens is 1. The summed E-state index contributed by atoms with van der Waals surface area (Å²) in [5.74, 6) is 0.562. The molecule has 2 aromatic rings. The lowest BCUT2D eigenvalue weighted by Gasteiger charge is -2.19. The number of nitrogen functional groups attached to an aromatic ring is 1. The number of anilines is 2. The Morgan fingerprint density at radius 3 is 2.72 bits per heavy atom. The van der Waals surface area contributed by atoms with Crippen molar-refractivity contribution in [3.8, 4) is 0 Å². The van der Waals surface area contributed by atoms with Crippen LogP contribution in [0, 0.1) is 0 Å². The zero-order chi connectivity index (χ0) is 13.1. The van der Waals surface area contributed by atoms with Gasteiger partial charge >= 0.3 is 0 Å². The highest BCUT2D eigenvalue weighted by molar-refractivity contribution is 9.11. The molecule has 0 radical (unpaired) electrons. The van der Waals surface area contributed by atoms with Gasteiger partial charge in [0.05, 0.1) is 20.5 Å². The monoisotopic (exact) mass is 325 g/mol. The van der Waals surface area contributed by atoms with Crippen LogP contribution in [0.25, 0.3) is 0 Å². The van der Waals surface area contributed by atoms with Crippen molar-refractivity contribution < 1.29 is 4.79 Å². The molecule has 1 amide bonds. The number of amides is 1. The van der Waals surface area contributed by atoms with E-state index < -0.39 is 0 Å². The molecule has 0 saturated carbocycles. The van der Waals surface area contributed by atoms with Crippen molar-refractivity contribution in [3.05, 3.63) is 39.1 Å². The van der Waals surface area contributed by atoms with Gasteiger partial charge in [0.1, 0.15) is 5.82 Å². The fourth-order valence-electron chi connectivity index (χ4n) is 1.53. The van der Waals surface area contributed by atoms with Crippen molar-refractivity contribution in [2.45, 2.75) is 6.92 Å². The Bertz CT molecular complexity index is 553. The maximum atomic E-state index is 12.3. The molecule has 0 bridgehead atoms. The van der Waals surface area contributed by atoms with E-state index >= 15 is 0 Å². The van der Waals surface area contributed by atoms with E-state index in [9.17, 15) is 4.79 Å². The molecule has 0 aliphatic rings. The topological polar surface area (TPSA) is 59.2 Å². The van der Waals surface area contributed by atoms with E-state index in [0.717, 1.165) is 3.79 Å². The lowest BCUT2D eigenvalue weighted by Crippen LogP contribution is -2.30. The highest BCUT2D eigenvalue weighted by atomic mass is 79.9. The second kappa shape index (κ2) is 5.49. The van der Waals surface area contributed by atoms with Crippen molar-refractivity contribution in [2.75, 3.05) is 17.2 Å². The number of nitrogens with two attached hydrogens (primary N) is 1. The van der Waals surface area contributed by atoms with Crippen LogP contribution in [0.5, 0.6) is 0 Å². The fraction of sp³-hybridized carbons (Fsp3) is 0.167. The van der Waals surface area contributed by atoms with Crippen molar-refractivity contribution in [1.29, 1.82) is 0 Å². The Hall–Kier alpha value is -1.40. The Labute approximate surface area is 118 Å². The maximum absolute atomic E-state index is 12.3. The van der Waals surface area contributed by atoms with Crippen LogP contribution in [0.2, 0.25) is 0 Å². The second-order valence-corrected chi connectivity index (χ2v) is 6.07. The van der Waals surface area contributed by atoms with Crippen molar-refractivity contribution in [2.24, 2.45) is 0 Å². The third-order valence-electron chi connectivity index (χ3n) is 2.39. The largest absolute Gasteiger partial charge is 0.397 e. The van der Waals surface area contributed by atoms with E-state index in [1.54, 1.807) is 29.3 Å². The fourth-order valence-corrected chi connectivity index (χ4v) is 2.86. The van der Waals surface area contributed by atoms with E-state index in [1.165, 1.54) is 11.3 Å². The quantitative estimate of drug-likeness (QED) is 0.942. The summed E-state index contributed by atoms with van der Waals surface area (Å²) in [4.78, 5) is 18.8. The second-order valence-electron chi connectivity index (χ2n) is 3.60. The Morgan fingerprint density at radius 1 is 1.44 bits per heavy atom. The summed E-state index contributed by atoms with van der Waals surface area (Å²) < 4.78 is 0.937. The van der Waals surface area contributed by atoms with Gasteiger partial charge in [-0.05, 0) is 47.1 Å². The zero-order valence-electron chi connectivity index (χ0n) is 9.76. The molecule has 0 atom stereocenters. The molecule has 0 aliphatic heterocycles. The van der Waals surface area contributed by atoms with Crippen LogP contribution in [0.15, 0.2) is 34.2 Å². The Kier molecular flexibility index (Phi) is 3.98. The molecule has 94 valence electrons. The van der Waals surface area contributed by atoms with E-state index in [-0.39, 0.29) is 5.91 Å². The molecule has 0 aliphatic carbocycles. The van der Waals surface area contributed by atoms with Crippen molar-refractivity contribution in [1.82, 2.24) is 4.98 Å². The highest BCUT2D eigenvalue weighted by Gasteiger charge is 2.18. The summed E-state index contributed by atoms with van der Waals surface area (Å²) in [5, 5.41) is 0. The molecule has 0 unspecified atom stereocenters. The summed E-state index contributed by atoms with van der Waals surface area (Å²) >= 11 is 4.76. The SMILES string of the molecule is CCN(C(=O)c1ccc(Br)s1)c1ccc(N)cn1. The molecular formula is C12H12BrN3OS. The minimum atomic E-state index is -0.0505. The standard InChI is InChI=1S/C12H12BrN3OS/c1-2-16(11-6-3-8(14)7-15-11)12(17)9-4-5-10(13)18-9/h3-7H,2,14H2,1H3. The summed E-state index contributed by atoms with van der Waals surface area (Å²) in [7, 11) is 0. The van der Waals surface area contributed by atoms with Crippen LogP contribution >= 0.6 is 27.3 Å². The number of halogens is 1. The minimum absolute atomic E-state index is 0.0505. The maximum Gasteiger partial charge on any atom is 0.269 e. The number of carbonyl (C=O) groups is 1. The molecule has 0 saturated heterocycles. The van der Waals surface area contributed by atoms with Gasteiger partial charge in [0.2, 0.25) is 0 Å². The van der Waals surface area contributed by atoms with Crippen molar-refractivity contribution >= 4 is 44.7 Å². The number of pyridine rings is 1. The first-order valence-corrected chi connectivity index (χ1v) is 7.01. The number of rotatable bonds is 3. The van der Waals surface area contributed by atoms with E-state index in [4.69, 9.17) is 5.73 Å². The molecule has 2 heterocycles. The van der Waals surface area contributed by atoms with Gasteiger partial charge in [-0.3, -0.25) is 9.69 Å². The van der Waals surface area contributed by atoms with Crippen LogP contribution in [-0.4, -0.2) is 17.4 Å². The minimum Gasteiger partial charge on any atom is -0.397 e. The molecule has 2 N–H and O–H groups in total. The average Bonchev–Trinajstić information content (AvgIpc) is 2.79. The molecule has 2 aromatic heterocycles. The Balaban J connectivity index is 2.28. The van der Waals surface area contributed by atoms with Crippen LogP contribution < -0.4 is 10.6 Å². The van der Waals surface area contributed by atoms with Gasteiger partial charge in [0.25, 0.3) is 5.91 Å². The summed E-state index contributed by atoms with van der Waals surface area (Å²) in [6, 6.07) is 7.15. The number of hydrogen-bond donors (Lipinski definition) is 1. The lowest BCUT2D eigenvalue weighted by molar-refractivity contribution is 0.0991. The van der Waals surface area contributed by atoms with E-state index in [2.05, 4.69) is 20.9 Å². The third-order valence-corrected chi connectivity index (χ3v) is 4.00. The van der Waals surface area contributed by atoms with Gasteiger partial charge in [0.15, 0.2) is 0 Å². The van der Waals surface area contributed by atoms with Gasteiger partial charge in [-0.1, -0.05) is 0 Å². The van der Waals surface area contributed by atoms with Crippen LogP contribution in [0.3, 0.4) is 0 Å². The van der Waals surface area contributed by atoms with Crippen LogP contribution in [0.4, 0.5) is 11.5 Å². The first-order valence-electron chi connectivity index (χ1n) is 5.40. The first-order chi connectivity index (χ1) is 8.61. The van der Waals surface area contributed by atoms with Gasteiger partial charge in [0, 0.05) is 6.54 Å². The molecule has 6 heteroatoms. The van der Waals surface area contributed by atoms with Crippen LogP contribution in [0.1, 0.15) is 16.6 Å². The number of carbonyl (C=O) groups excluding carboxylic acids is 1. The van der Waals surface area contributed by atoms with E-state index in [0.29, 0.717) is 22.9 Å². The van der Waals surface area contributed by atoms with E-state index in [1.807, 2.05) is 13.0 Å². The van der Waals surface area contributed by atoms with Gasteiger partial charge in [-0.25, -0.2) is 4.98 Å². The molecule has 0 spiro atoms. The third kappa shape index (κ3) is 2.70. The molecule has 0 fully saturated rings. The van der Waals surface area contributed by atoms with Crippen LogP contribution in [-0.2, 0) is 0 Å². The number of hydrogen-bond acceptors (Lipinski definition) is 4.